The van der Waals surface area contributed by atoms with Crippen molar-refractivity contribution in [1.82, 2.24) is 4.90 Å². The molecular weight excluding hydrogens is 200 g/mol. The van der Waals surface area contributed by atoms with E-state index in [9.17, 15) is 0 Å². The van der Waals surface area contributed by atoms with Crippen molar-refractivity contribution in [2.24, 2.45) is 11.7 Å². The first kappa shape index (κ1) is 13.3. The molecule has 0 saturated carbocycles. The van der Waals surface area contributed by atoms with E-state index < -0.39 is 0 Å². The van der Waals surface area contributed by atoms with Crippen LogP contribution in [-0.4, -0.2) is 18.0 Å². The second-order valence-electron chi connectivity index (χ2n) is 4.90. The number of hydrogen-bond donors (Lipinski definition) is 1. The molecule has 0 aliphatic carbocycles. The first-order valence-corrected chi connectivity index (χ1v) is 5.94. The highest BCUT2D eigenvalue weighted by molar-refractivity contribution is 5.20. The molecule has 0 aliphatic rings. The summed E-state index contributed by atoms with van der Waals surface area (Å²) in [5.74, 6) is 2.60. The average Bonchev–Trinajstić information content (AvgIpc) is 2.57. The molecule has 92 valence electrons. The minimum atomic E-state index is 0.548. The van der Waals surface area contributed by atoms with Crippen LogP contribution in [0.4, 0.5) is 0 Å². The molecule has 1 heterocycles. The Bertz CT molecular complexity index is 331. The van der Waals surface area contributed by atoms with E-state index in [2.05, 4.69) is 38.8 Å². The summed E-state index contributed by atoms with van der Waals surface area (Å²) in [5.41, 5.74) is 6.74. The highest BCUT2D eigenvalue weighted by Crippen LogP contribution is 2.17. The van der Waals surface area contributed by atoms with Gasteiger partial charge in [0.1, 0.15) is 11.5 Å². The van der Waals surface area contributed by atoms with Gasteiger partial charge < -0.3 is 10.2 Å². The van der Waals surface area contributed by atoms with Crippen LogP contribution in [0.1, 0.15) is 37.9 Å². The maximum atomic E-state index is 5.68. The molecule has 0 saturated heterocycles. The summed E-state index contributed by atoms with van der Waals surface area (Å²) in [6.07, 6.45) is 0. The van der Waals surface area contributed by atoms with E-state index in [1.807, 2.05) is 6.92 Å². The summed E-state index contributed by atoms with van der Waals surface area (Å²) >= 11 is 0. The van der Waals surface area contributed by atoms with Crippen LogP contribution in [0.15, 0.2) is 10.5 Å². The molecule has 1 unspecified atom stereocenters. The molecule has 0 spiro atoms. The second kappa shape index (κ2) is 5.51. The van der Waals surface area contributed by atoms with Crippen LogP contribution in [0.5, 0.6) is 0 Å². The van der Waals surface area contributed by atoms with Crippen LogP contribution < -0.4 is 5.73 Å². The van der Waals surface area contributed by atoms with Crippen molar-refractivity contribution in [2.45, 2.75) is 46.8 Å². The molecule has 1 aromatic heterocycles. The lowest BCUT2D eigenvalue weighted by atomic mass is 10.1. The smallest absolute Gasteiger partial charge is 0.118 e. The number of rotatable bonds is 5. The summed E-state index contributed by atoms with van der Waals surface area (Å²) in [4.78, 5) is 2.31. The van der Waals surface area contributed by atoms with Crippen molar-refractivity contribution in [3.05, 3.63) is 23.2 Å². The van der Waals surface area contributed by atoms with Gasteiger partial charge in [0.25, 0.3) is 0 Å². The third-order valence-corrected chi connectivity index (χ3v) is 3.36. The SMILES string of the molecule is Cc1oc(CN(C)C(C)C(C)C)cc1CN. The fourth-order valence-electron chi connectivity index (χ4n) is 1.77. The van der Waals surface area contributed by atoms with Crippen molar-refractivity contribution in [2.75, 3.05) is 7.05 Å². The Hall–Kier alpha value is -0.800. The highest BCUT2D eigenvalue weighted by atomic mass is 16.3. The molecule has 0 bridgehead atoms. The van der Waals surface area contributed by atoms with Crippen LogP contribution in [0.2, 0.25) is 0 Å². The standard InChI is InChI=1S/C13H24N2O/c1-9(2)10(3)15(5)8-13-6-12(7-14)11(4)16-13/h6,9-10H,7-8,14H2,1-5H3. The highest BCUT2D eigenvalue weighted by Gasteiger charge is 2.15. The zero-order valence-corrected chi connectivity index (χ0v) is 11.1. The Morgan fingerprint density at radius 3 is 2.44 bits per heavy atom. The number of nitrogens with zero attached hydrogens (tertiary/aromatic N) is 1. The molecule has 16 heavy (non-hydrogen) atoms. The van der Waals surface area contributed by atoms with Crippen molar-refractivity contribution in [1.29, 1.82) is 0 Å². The Morgan fingerprint density at radius 2 is 2.00 bits per heavy atom. The van der Waals surface area contributed by atoms with Gasteiger partial charge in [-0.1, -0.05) is 13.8 Å². The Labute approximate surface area is 98.6 Å². The largest absolute Gasteiger partial charge is 0.465 e. The predicted octanol–water partition coefficient (Wildman–Crippen LogP) is 2.52. The summed E-state index contributed by atoms with van der Waals surface area (Å²) in [6, 6.07) is 2.62. The van der Waals surface area contributed by atoms with E-state index in [1.165, 1.54) is 0 Å². The van der Waals surface area contributed by atoms with Gasteiger partial charge in [0.15, 0.2) is 0 Å². The minimum Gasteiger partial charge on any atom is -0.465 e. The van der Waals surface area contributed by atoms with Gasteiger partial charge in [-0.2, -0.15) is 0 Å². The van der Waals surface area contributed by atoms with Gasteiger partial charge in [-0.25, -0.2) is 0 Å². The van der Waals surface area contributed by atoms with E-state index >= 15 is 0 Å². The number of aryl methyl sites for hydroxylation is 1. The van der Waals surface area contributed by atoms with Gasteiger partial charge in [0, 0.05) is 18.2 Å². The van der Waals surface area contributed by atoms with Gasteiger partial charge in [-0.05, 0) is 32.9 Å². The van der Waals surface area contributed by atoms with Crippen LogP contribution in [0.25, 0.3) is 0 Å². The zero-order chi connectivity index (χ0) is 12.3. The molecule has 1 rings (SSSR count). The summed E-state index contributed by atoms with van der Waals surface area (Å²) in [5, 5.41) is 0. The minimum absolute atomic E-state index is 0.548. The maximum Gasteiger partial charge on any atom is 0.118 e. The van der Waals surface area contributed by atoms with Gasteiger partial charge in [-0.3, -0.25) is 4.90 Å². The van der Waals surface area contributed by atoms with Crippen molar-refractivity contribution >= 4 is 0 Å². The van der Waals surface area contributed by atoms with Crippen molar-refractivity contribution in [3.8, 4) is 0 Å². The molecular formula is C13H24N2O. The van der Waals surface area contributed by atoms with E-state index in [1.54, 1.807) is 0 Å². The molecule has 1 aromatic rings. The monoisotopic (exact) mass is 224 g/mol. The van der Waals surface area contributed by atoms with E-state index in [4.69, 9.17) is 10.2 Å². The molecule has 3 heteroatoms. The molecule has 0 aromatic carbocycles. The van der Waals surface area contributed by atoms with Crippen LogP contribution in [-0.2, 0) is 13.1 Å². The quantitative estimate of drug-likeness (QED) is 0.835. The number of furan rings is 1. The Morgan fingerprint density at radius 1 is 1.38 bits per heavy atom. The van der Waals surface area contributed by atoms with Gasteiger partial charge in [0.2, 0.25) is 0 Å². The van der Waals surface area contributed by atoms with E-state index in [-0.39, 0.29) is 0 Å². The molecule has 0 radical (unpaired) electrons. The Balaban J connectivity index is 2.65. The topological polar surface area (TPSA) is 42.4 Å². The molecule has 0 amide bonds. The predicted molar refractivity (Wildman–Crippen MR) is 67.1 cm³/mol. The molecule has 0 fully saturated rings. The third-order valence-electron chi connectivity index (χ3n) is 3.36. The molecule has 1 atom stereocenters. The molecule has 3 nitrogen and oxygen atoms in total. The lowest BCUT2D eigenvalue weighted by Crippen LogP contribution is -2.32. The van der Waals surface area contributed by atoms with Gasteiger partial charge in [-0.15, -0.1) is 0 Å². The average molecular weight is 224 g/mol. The fraction of sp³-hybridized carbons (Fsp3) is 0.692. The molecule has 0 aliphatic heterocycles. The first-order chi connectivity index (χ1) is 7.45. The summed E-state index contributed by atoms with van der Waals surface area (Å²) in [6.45, 7) is 10.1. The van der Waals surface area contributed by atoms with Crippen LogP contribution >= 0.6 is 0 Å². The zero-order valence-electron chi connectivity index (χ0n) is 11.1. The molecule has 2 N–H and O–H groups in total. The van der Waals surface area contributed by atoms with Gasteiger partial charge in [0.05, 0.1) is 6.54 Å². The first-order valence-electron chi connectivity index (χ1n) is 5.94. The van der Waals surface area contributed by atoms with Crippen molar-refractivity contribution < 1.29 is 4.42 Å². The van der Waals surface area contributed by atoms with Crippen molar-refractivity contribution in [3.63, 3.8) is 0 Å². The summed E-state index contributed by atoms with van der Waals surface area (Å²) in [7, 11) is 2.13. The third kappa shape index (κ3) is 3.09. The normalized spacial score (nSPS) is 13.8. The number of nitrogens with two attached hydrogens (primary N) is 1. The van der Waals surface area contributed by atoms with Crippen LogP contribution in [0, 0.1) is 12.8 Å². The number of hydrogen-bond acceptors (Lipinski definition) is 3. The lowest BCUT2D eigenvalue weighted by Gasteiger charge is -2.26. The van der Waals surface area contributed by atoms with E-state index in [0.29, 0.717) is 18.5 Å². The fourth-order valence-corrected chi connectivity index (χ4v) is 1.77. The summed E-state index contributed by atoms with van der Waals surface area (Å²) < 4.78 is 5.68. The van der Waals surface area contributed by atoms with E-state index in [0.717, 1.165) is 23.6 Å². The van der Waals surface area contributed by atoms with Crippen LogP contribution in [0.3, 0.4) is 0 Å². The second-order valence-corrected chi connectivity index (χ2v) is 4.90. The lowest BCUT2D eigenvalue weighted by molar-refractivity contribution is 0.186. The maximum absolute atomic E-state index is 5.68. The van der Waals surface area contributed by atoms with Gasteiger partial charge >= 0.3 is 0 Å². The Kier molecular flexibility index (Phi) is 4.56.